The molecule has 1 aliphatic rings. The molecule has 1 aliphatic carbocycles. The van der Waals surface area contributed by atoms with Gasteiger partial charge in [-0.05, 0) is 40.4 Å². The summed E-state index contributed by atoms with van der Waals surface area (Å²) in [4.78, 5) is 16.3. The largest absolute Gasteiger partial charge is 0.469 e. The van der Waals surface area contributed by atoms with Crippen LogP contribution in [0.5, 0.6) is 0 Å². The molecule has 1 fully saturated rings. The Balaban J connectivity index is 2.13. The molecule has 2 rings (SSSR count). The number of carbonyl (C=O) groups is 1. The molecular weight excluding hydrogens is 294 g/mol. The number of esters is 1. The van der Waals surface area contributed by atoms with E-state index in [1.807, 2.05) is 12.1 Å². The van der Waals surface area contributed by atoms with E-state index in [2.05, 4.69) is 20.9 Å². The Kier molecular flexibility index (Phi) is 4.75. The molecule has 0 amide bonds. The number of hydrogen-bond acceptors (Lipinski definition) is 3. The number of hydrogen-bond donors (Lipinski definition) is 0. The van der Waals surface area contributed by atoms with Crippen molar-refractivity contribution >= 4 is 21.9 Å². The van der Waals surface area contributed by atoms with Gasteiger partial charge in [0.1, 0.15) is 0 Å². The number of rotatable bonds is 4. The zero-order valence-corrected chi connectivity index (χ0v) is 12.1. The molecule has 1 atom stereocenters. The third-order valence-corrected chi connectivity index (χ3v) is 4.11. The van der Waals surface area contributed by atoms with Crippen molar-refractivity contribution in [2.45, 2.75) is 38.0 Å². The van der Waals surface area contributed by atoms with E-state index in [-0.39, 0.29) is 11.9 Å². The first-order chi connectivity index (χ1) is 8.70. The van der Waals surface area contributed by atoms with Crippen LogP contribution in [0.3, 0.4) is 0 Å². The van der Waals surface area contributed by atoms with Crippen molar-refractivity contribution in [1.29, 1.82) is 0 Å². The van der Waals surface area contributed by atoms with E-state index in [0.717, 1.165) is 16.6 Å². The van der Waals surface area contributed by atoms with Crippen molar-refractivity contribution in [3.63, 3.8) is 0 Å². The van der Waals surface area contributed by atoms with Crippen molar-refractivity contribution in [2.75, 3.05) is 7.11 Å². The first-order valence-corrected chi connectivity index (χ1v) is 7.19. The lowest BCUT2D eigenvalue weighted by Gasteiger charge is -2.18. The minimum atomic E-state index is -0.216. The molecule has 98 valence electrons. The molecule has 1 aromatic heterocycles. The fourth-order valence-corrected chi connectivity index (χ4v) is 2.89. The van der Waals surface area contributed by atoms with E-state index in [1.165, 1.54) is 32.8 Å². The molecule has 0 bridgehead atoms. The maximum Gasteiger partial charge on any atom is 0.314 e. The van der Waals surface area contributed by atoms with Gasteiger partial charge in [-0.3, -0.25) is 9.78 Å². The molecule has 0 N–H and O–H groups in total. The highest BCUT2D eigenvalue weighted by atomic mass is 79.9. The predicted octanol–water partition coefficient (Wildman–Crippen LogP) is 3.68. The van der Waals surface area contributed by atoms with Crippen LogP contribution in [0.4, 0.5) is 0 Å². The molecule has 18 heavy (non-hydrogen) atoms. The summed E-state index contributed by atoms with van der Waals surface area (Å²) in [6.07, 6.45) is 7.62. The lowest BCUT2D eigenvalue weighted by molar-refractivity contribution is -0.143. The zero-order chi connectivity index (χ0) is 13.0. The van der Waals surface area contributed by atoms with Gasteiger partial charge >= 0.3 is 5.97 Å². The van der Waals surface area contributed by atoms with Crippen LogP contribution in [0, 0.1) is 5.92 Å². The molecule has 1 heterocycles. The SMILES string of the molecule is COC(=O)C(CC1CCCC1)c1ccc(Br)cn1. The van der Waals surface area contributed by atoms with Crippen molar-refractivity contribution in [2.24, 2.45) is 5.92 Å². The minimum Gasteiger partial charge on any atom is -0.469 e. The molecule has 0 aromatic carbocycles. The number of methoxy groups -OCH3 is 1. The molecule has 1 unspecified atom stereocenters. The smallest absolute Gasteiger partial charge is 0.314 e. The Labute approximate surface area is 116 Å². The van der Waals surface area contributed by atoms with Gasteiger partial charge in [0, 0.05) is 10.7 Å². The molecule has 4 heteroatoms. The standard InChI is InChI=1S/C14H18BrNO2/c1-18-14(17)12(8-10-4-2-3-5-10)13-7-6-11(15)9-16-13/h6-7,9-10,12H,2-5,8H2,1H3. The van der Waals surface area contributed by atoms with Crippen molar-refractivity contribution in [1.82, 2.24) is 4.98 Å². The molecule has 0 spiro atoms. The van der Waals surface area contributed by atoms with Gasteiger partial charge in [-0.2, -0.15) is 0 Å². The van der Waals surface area contributed by atoms with E-state index >= 15 is 0 Å². The maximum atomic E-state index is 11.9. The van der Waals surface area contributed by atoms with Crippen molar-refractivity contribution in [3.05, 3.63) is 28.5 Å². The number of ether oxygens (including phenoxy) is 1. The van der Waals surface area contributed by atoms with Crippen LogP contribution in [0.25, 0.3) is 0 Å². The Hall–Kier alpha value is -0.900. The zero-order valence-electron chi connectivity index (χ0n) is 10.6. The second-order valence-corrected chi connectivity index (χ2v) is 5.78. The quantitative estimate of drug-likeness (QED) is 0.796. The summed E-state index contributed by atoms with van der Waals surface area (Å²) >= 11 is 3.36. The number of halogens is 1. The maximum absolute atomic E-state index is 11.9. The Bertz CT molecular complexity index is 399. The monoisotopic (exact) mass is 311 g/mol. The molecular formula is C14H18BrNO2. The lowest BCUT2D eigenvalue weighted by Crippen LogP contribution is -2.18. The summed E-state index contributed by atoms with van der Waals surface area (Å²) in [6.45, 7) is 0. The van der Waals surface area contributed by atoms with Crippen LogP contribution in [0.1, 0.15) is 43.7 Å². The van der Waals surface area contributed by atoms with Crippen LogP contribution in [0.2, 0.25) is 0 Å². The summed E-state index contributed by atoms with van der Waals surface area (Å²) in [5, 5.41) is 0. The van der Waals surface area contributed by atoms with Crippen LogP contribution in [-0.2, 0) is 9.53 Å². The van der Waals surface area contributed by atoms with Crippen molar-refractivity contribution < 1.29 is 9.53 Å². The van der Waals surface area contributed by atoms with Gasteiger partial charge in [0.25, 0.3) is 0 Å². The number of aromatic nitrogens is 1. The average molecular weight is 312 g/mol. The number of pyridine rings is 1. The summed E-state index contributed by atoms with van der Waals surface area (Å²) in [5.41, 5.74) is 0.817. The lowest BCUT2D eigenvalue weighted by atomic mass is 9.90. The fourth-order valence-electron chi connectivity index (χ4n) is 2.65. The normalized spacial score (nSPS) is 17.7. The van der Waals surface area contributed by atoms with Gasteiger partial charge in [0.2, 0.25) is 0 Å². The van der Waals surface area contributed by atoms with E-state index in [0.29, 0.717) is 5.92 Å². The first-order valence-electron chi connectivity index (χ1n) is 6.40. The van der Waals surface area contributed by atoms with E-state index < -0.39 is 0 Å². The summed E-state index contributed by atoms with van der Waals surface area (Å²) in [5.74, 6) is 0.252. The Morgan fingerprint density at radius 2 is 2.22 bits per heavy atom. The van der Waals surface area contributed by atoms with E-state index in [4.69, 9.17) is 4.74 Å². The highest BCUT2D eigenvalue weighted by Crippen LogP contribution is 2.34. The molecule has 0 radical (unpaired) electrons. The predicted molar refractivity (Wildman–Crippen MR) is 73.3 cm³/mol. The number of carbonyl (C=O) groups excluding carboxylic acids is 1. The van der Waals surface area contributed by atoms with Crippen LogP contribution < -0.4 is 0 Å². The van der Waals surface area contributed by atoms with Gasteiger partial charge in [-0.1, -0.05) is 25.7 Å². The first kappa shape index (κ1) is 13.5. The van der Waals surface area contributed by atoms with Gasteiger partial charge in [0.05, 0.1) is 18.7 Å². The second-order valence-electron chi connectivity index (χ2n) is 4.86. The van der Waals surface area contributed by atoms with Gasteiger partial charge in [0.15, 0.2) is 0 Å². The molecule has 1 aromatic rings. The summed E-state index contributed by atoms with van der Waals surface area (Å²) in [6, 6.07) is 3.83. The van der Waals surface area contributed by atoms with Gasteiger partial charge in [-0.25, -0.2) is 0 Å². The molecule has 0 aliphatic heterocycles. The van der Waals surface area contributed by atoms with Crippen LogP contribution in [0.15, 0.2) is 22.8 Å². The highest BCUT2D eigenvalue weighted by Gasteiger charge is 2.28. The van der Waals surface area contributed by atoms with Crippen LogP contribution in [-0.4, -0.2) is 18.1 Å². The Morgan fingerprint density at radius 3 is 2.78 bits per heavy atom. The highest BCUT2D eigenvalue weighted by molar-refractivity contribution is 9.10. The third kappa shape index (κ3) is 3.31. The summed E-state index contributed by atoms with van der Waals surface area (Å²) in [7, 11) is 1.45. The summed E-state index contributed by atoms with van der Waals surface area (Å²) < 4.78 is 5.84. The van der Waals surface area contributed by atoms with Crippen LogP contribution >= 0.6 is 15.9 Å². The topological polar surface area (TPSA) is 39.2 Å². The second kappa shape index (κ2) is 6.32. The molecule has 1 saturated carbocycles. The average Bonchev–Trinajstić information content (AvgIpc) is 2.89. The third-order valence-electron chi connectivity index (χ3n) is 3.64. The van der Waals surface area contributed by atoms with Crippen molar-refractivity contribution in [3.8, 4) is 0 Å². The molecule has 3 nitrogen and oxygen atoms in total. The molecule has 0 saturated heterocycles. The fraction of sp³-hybridized carbons (Fsp3) is 0.571. The van der Waals surface area contributed by atoms with E-state index in [9.17, 15) is 4.79 Å². The minimum absolute atomic E-state index is 0.170. The van der Waals surface area contributed by atoms with E-state index in [1.54, 1.807) is 6.20 Å². The number of nitrogens with zero attached hydrogens (tertiary/aromatic N) is 1. The van der Waals surface area contributed by atoms with Gasteiger partial charge in [-0.15, -0.1) is 0 Å². The van der Waals surface area contributed by atoms with Gasteiger partial charge < -0.3 is 4.74 Å². The Morgan fingerprint density at radius 1 is 1.50 bits per heavy atom.